The highest BCUT2D eigenvalue weighted by Crippen LogP contribution is 2.28. The summed E-state index contributed by atoms with van der Waals surface area (Å²) in [6.07, 6.45) is 1.50. The molecular weight excluding hydrogens is 385 g/mol. The molecule has 0 aliphatic carbocycles. The maximum Gasteiger partial charge on any atom is 0.511 e. The Bertz CT molecular complexity index is 574. The molecule has 0 aromatic rings. The van der Waals surface area contributed by atoms with Crippen molar-refractivity contribution < 1.29 is 26.3 Å². The van der Waals surface area contributed by atoms with Crippen LogP contribution >= 0.6 is 0 Å². The number of nitrogens with one attached hydrogen (secondary N) is 2. The largest absolute Gasteiger partial charge is 0.511 e. The molecule has 1 unspecified atom stereocenters. The number of hydrogen-bond acceptors (Lipinski definition) is 4. The molecule has 0 aromatic heterocycles. The van der Waals surface area contributed by atoms with Crippen LogP contribution in [-0.4, -0.2) is 69.6 Å². The zero-order valence-corrected chi connectivity index (χ0v) is 17.2. The zero-order chi connectivity index (χ0) is 20.7. The molecule has 27 heavy (non-hydrogen) atoms. The van der Waals surface area contributed by atoms with Gasteiger partial charge in [-0.3, -0.25) is 4.99 Å². The number of rotatable bonds is 8. The number of alkyl halides is 3. The second-order valence-corrected chi connectivity index (χ2v) is 8.72. The highest BCUT2D eigenvalue weighted by molar-refractivity contribution is 7.90. The topological polar surface area (TPSA) is 83.0 Å². The smallest absolute Gasteiger partial charge is 0.378 e. The standard InChI is InChI=1S/C16H31F3N4O3S/c1-5-26-14(12(2)3)6-9-21-15(20-4)22-13-7-10-23(11-8-13)27(24,25)16(17,18)19/h12-14H,5-11H2,1-4H3,(H2,20,21,22). The fourth-order valence-corrected chi connectivity index (χ4v) is 3.92. The number of aliphatic imine (C=N–C) groups is 1. The predicted molar refractivity (Wildman–Crippen MR) is 98.9 cm³/mol. The van der Waals surface area contributed by atoms with Crippen LogP contribution in [0.4, 0.5) is 13.2 Å². The van der Waals surface area contributed by atoms with Gasteiger partial charge in [0.1, 0.15) is 0 Å². The Kier molecular flexibility index (Phi) is 9.29. The molecule has 0 amide bonds. The summed E-state index contributed by atoms with van der Waals surface area (Å²) in [5, 5.41) is 6.32. The molecule has 0 saturated carbocycles. The van der Waals surface area contributed by atoms with E-state index in [9.17, 15) is 21.6 Å². The Balaban J connectivity index is 2.46. The third-order valence-electron chi connectivity index (χ3n) is 4.50. The van der Waals surface area contributed by atoms with Crippen LogP contribution in [0.5, 0.6) is 0 Å². The first-order chi connectivity index (χ1) is 12.5. The molecule has 1 saturated heterocycles. The van der Waals surface area contributed by atoms with Gasteiger partial charge in [-0.15, -0.1) is 0 Å². The van der Waals surface area contributed by atoms with Gasteiger partial charge in [0, 0.05) is 39.3 Å². The highest BCUT2D eigenvalue weighted by Gasteiger charge is 2.50. The molecule has 1 atom stereocenters. The van der Waals surface area contributed by atoms with E-state index in [4.69, 9.17) is 4.74 Å². The van der Waals surface area contributed by atoms with Gasteiger partial charge in [0.15, 0.2) is 5.96 Å². The molecule has 160 valence electrons. The lowest BCUT2D eigenvalue weighted by molar-refractivity contribution is -0.0494. The van der Waals surface area contributed by atoms with Crippen LogP contribution in [0, 0.1) is 5.92 Å². The first-order valence-corrected chi connectivity index (χ1v) is 10.6. The SMILES string of the molecule is CCOC(CCNC(=NC)NC1CCN(S(=O)(=O)C(F)(F)F)CC1)C(C)C. The molecule has 11 heteroatoms. The summed E-state index contributed by atoms with van der Waals surface area (Å²) in [6, 6.07) is -0.135. The summed E-state index contributed by atoms with van der Waals surface area (Å²) in [4.78, 5) is 4.12. The van der Waals surface area contributed by atoms with Gasteiger partial charge in [-0.2, -0.15) is 17.5 Å². The lowest BCUT2D eigenvalue weighted by Crippen LogP contribution is -2.51. The van der Waals surface area contributed by atoms with Crippen LogP contribution in [0.15, 0.2) is 4.99 Å². The minimum Gasteiger partial charge on any atom is -0.378 e. The van der Waals surface area contributed by atoms with E-state index >= 15 is 0 Å². The lowest BCUT2D eigenvalue weighted by atomic mass is 10.0. The molecule has 1 aliphatic heterocycles. The maximum atomic E-state index is 12.6. The van der Waals surface area contributed by atoms with Crippen molar-refractivity contribution in [3.8, 4) is 0 Å². The van der Waals surface area contributed by atoms with Gasteiger partial charge < -0.3 is 15.4 Å². The van der Waals surface area contributed by atoms with Crippen LogP contribution < -0.4 is 10.6 Å². The van der Waals surface area contributed by atoms with Crippen LogP contribution in [0.25, 0.3) is 0 Å². The van der Waals surface area contributed by atoms with Crippen molar-refractivity contribution >= 4 is 16.0 Å². The molecule has 1 fully saturated rings. The van der Waals surface area contributed by atoms with Crippen molar-refractivity contribution in [2.75, 3.05) is 33.3 Å². The third kappa shape index (κ3) is 7.11. The number of sulfonamides is 1. The average Bonchev–Trinajstić information content (AvgIpc) is 2.59. The molecule has 1 rings (SSSR count). The Hall–Kier alpha value is -1.07. The zero-order valence-electron chi connectivity index (χ0n) is 16.3. The molecule has 2 N–H and O–H groups in total. The summed E-state index contributed by atoms with van der Waals surface area (Å²) in [5.74, 6) is 0.938. The van der Waals surface area contributed by atoms with E-state index < -0.39 is 15.5 Å². The number of nitrogens with zero attached hydrogens (tertiary/aromatic N) is 2. The first-order valence-electron chi connectivity index (χ1n) is 9.18. The van der Waals surface area contributed by atoms with Gasteiger partial charge in [-0.25, -0.2) is 8.42 Å². The number of hydrogen-bond donors (Lipinski definition) is 2. The summed E-state index contributed by atoms with van der Waals surface area (Å²) in [7, 11) is -3.64. The van der Waals surface area contributed by atoms with Gasteiger partial charge >= 0.3 is 15.5 Å². The molecule has 1 aliphatic rings. The normalized spacial score (nSPS) is 19.3. The van der Waals surface area contributed by atoms with E-state index in [0.29, 0.717) is 29.3 Å². The van der Waals surface area contributed by atoms with Crippen molar-refractivity contribution in [3.05, 3.63) is 0 Å². The number of halogens is 3. The van der Waals surface area contributed by atoms with E-state index in [1.165, 1.54) is 0 Å². The molecule has 0 radical (unpaired) electrons. The second-order valence-electron chi connectivity index (χ2n) is 6.79. The summed E-state index contributed by atoms with van der Waals surface area (Å²) in [5.41, 5.74) is -5.25. The van der Waals surface area contributed by atoms with Gasteiger partial charge in [0.05, 0.1) is 6.10 Å². The van der Waals surface area contributed by atoms with Gasteiger partial charge in [-0.05, 0) is 32.1 Å². The average molecular weight is 417 g/mol. The quantitative estimate of drug-likeness (QED) is 0.467. The molecular formula is C16H31F3N4O3S. The van der Waals surface area contributed by atoms with Gasteiger partial charge in [0.2, 0.25) is 0 Å². The summed E-state index contributed by atoms with van der Waals surface area (Å²) in [6.45, 7) is 7.09. The fraction of sp³-hybridized carbons (Fsp3) is 0.938. The van der Waals surface area contributed by atoms with Crippen LogP contribution in [0.3, 0.4) is 0 Å². The first kappa shape index (κ1) is 24.0. The Morgan fingerprint density at radius 3 is 2.33 bits per heavy atom. The van der Waals surface area contributed by atoms with Crippen molar-refractivity contribution in [2.24, 2.45) is 10.9 Å². The van der Waals surface area contributed by atoms with Crippen molar-refractivity contribution in [3.63, 3.8) is 0 Å². The Morgan fingerprint density at radius 1 is 1.30 bits per heavy atom. The number of ether oxygens (including phenoxy) is 1. The van der Waals surface area contributed by atoms with Crippen LogP contribution in [0.2, 0.25) is 0 Å². The van der Waals surface area contributed by atoms with Crippen molar-refractivity contribution in [2.45, 2.75) is 57.7 Å². The van der Waals surface area contributed by atoms with Crippen LogP contribution in [-0.2, 0) is 14.8 Å². The van der Waals surface area contributed by atoms with E-state index in [1.807, 2.05) is 6.92 Å². The Morgan fingerprint density at radius 2 is 1.89 bits per heavy atom. The molecule has 7 nitrogen and oxygen atoms in total. The van der Waals surface area contributed by atoms with E-state index in [-0.39, 0.29) is 38.1 Å². The predicted octanol–water partition coefficient (Wildman–Crippen LogP) is 1.92. The summed E-state index contributed by atoms with van der Waals surface area (Å²) < 4.78 is 66.9. The monoisotopic (exact) mass is 416 g/mol. The second kappa shape index (κ2) is 10.5. The maximum absolute atomic E-state index is 12.6. The fourth-order valence-electron chi connectivity index (χ4n) is 2.93. The molecule has 0 spiro atoms. The lowest BCUT2D eigenvalue weighted by Gasteiger charge is -2.32. The summed E-state index contributed by atoms with van der Waals surface area (Å²) >= 11 is 0. The molecule has 1 heterocycles. The van der Waals surface area contributed by atoms with Crippen molar-refractivity contribution in [1.29, 1.82) is 0 Å². The van der Waals surface area contributed by atoms with Gasteiger partial charge in [0.25, 0.3) is 0 Å². The number of piperidine rings is 1. The molecule has 0 aromatic carbocycles. The van der Waals surface area contributed by atoms with Gasteiger partial charge in [-0.1, -0.05) is 13.8 Å². The number of guanidine groups is 1. The van der Waals surface area contributed by atoms with E-state index in [1.54, 1.807) is 7.05 Å². The minimum absolute atomic E-state index is 0.135. The van der Waals surface area contributed by atoms with E-state index in [0.717, 1.165) is 6.42 Å². The highest BCUT2D eigenvalue weighted by atomic mass is 32.2. The minimum atomic E-state index is -5.25. The van der Waals surface area contributed by atoms with Crippen molar-refractivity contribution in [1.82, 2.24) is 14.9 Å². The Labute approximate surface area is 159 Å². The van der Waals surface area contributed by atoms with Crippen LogP contribution in [0.1, 0.15) is 40.0 Å². The third-order valence-corrected chi connectivity index (χ3v) is 6.13. The molecule has 0 bridgehead atoms. The van der Waals surface area contributed by atoms with E-state index in [2.05, 4.69) is 29.5 Å².